The van der Waals surface area contributed by atoms with Gasteiger partial charge in [0, 0.05) is 10.7 Å². The van der Waals surface area contributed by atoms with Crippen molar-refractivity contribution >= 4 is 15.9 Å². The highest BCUT2D eigenvalue weighted by molar-refractivity contribution is 9.10. The van der Waals surface area contributed by atoms with Crippen LogP contribution in [0.4, 0.5) is 4.39 Å². The molecule has 1 atom stereocenters. The maximum atomic E-state index is 13.7. The molecule has 0 fully saturated rings. The van der Waals surface area contributed by atoms with Crippen molar-refractivity contribution in [3.05, 3.63) is 64.1 Å². The first-order valence-corrected chi connectivity index (χ1v) is 6.52. The zero-order valence-corrected chi connectivity index (χ0v) is 11.6. The lowest BCUT2D eigenvalue weighted by molar-refractivity contribution is 0.516. The standard InChI is InChI=1S/C14H14BrFN2/c1-17-13(14-12(16)7-4-8-18-14)9-10-5-2-3-6-11(10)15/h2-8,13,17H,9H2,1H3. The van der Waals surface area contributed by atoms with E-state index in [1.807, 2.05) is 31.3 Å². The molecule has 0 aliphatic carbocycles. The van der Waals surface area contributed by atoms with E-state index in [0.717, 1.165) is 10.0 Å². The summed E-state index contributed by atoms with van der Waals surface area (Å²) >= 11 is 3.50. The van der Waals surface area contributed by atoms with E-state index < -0.39 is 0 Å². The Hall–Kier alpha value is -1.26. The number of likely N-dealkylation sites (N-methyl/N-ethyl adjacent to an activating group) is 1. The van der Waals surface area contributed by atoms with Gasteiger partial charge in [-0.2, -0.15) is 0 Å². The summed E-state index contributed by atoms with van der Waals surface area (Å²) in [7, 11) is 1.82. The molecule has 0 saturated heterocycles. The molecular weight excluding hydrogens is 295 g/mol. The monoisotopic (exact) mass is 308 g/mol. The van der Waals surface area contributed by atoms with E-state index in [9.17, 15) is 4.39 Å². The molecule has 2 rings (SSSR count). The molecular formula is C14H14BrFN2. The molecule has 0 amide bonds. The third-order valence-electron chi connectivity index (χ3n) is 2.85. The maximum absolute atomic E-state index is 13.7. The molecule has 2 aromatic rings. The first kappa shape index (κ1) is 13.2. The molecule has 1 aromatic carbocycles. The Labute approximate surface area is 114 Å². The first-order chi connectivity index (χ1) is 8.72. The first-order valence-electron chi connectivity index (χ1n) is 5.73. The molecule has 0 aliphatic heterocycles. The van der Waals surface area contributed by atoms with E-state index in [2.05, 4.69) is 26.2 Å². The smallest absolute Gasteiger partial charge is 0.146 e. The van der Waals surface area contributed by atoms with Crippen molar-refractivity contribution in [2.75, 3.05) is 7.05 Å². The van der Waals surface area contributed by atoms with Crippen LogP contribution in [0.1, 0.15) is 17.3 Å². The molecule has 18 heavy (non-hydrogen) atoms. The van der Waals surface area contributed by atoms with Gasteiger partial charge in [-0.15, -0.1) is 0 Å². The topological polar surface area (TPSA) is 24.9 Å². The normalized spacial score (nSPS) is 12.4. The predicted molar refractivity (Wildman–Crippen MR) is 73.8 cm³/mol. The number of nitrogens with one attached hydrogen (secondary N) is 1. The van der Waals surface area contributed by atoms with Crippen molar-refractivity contribution in [2.24, 2.45) is 0 Å². The molecule has 0 radical (unpaired) electrons. The van der Waals surface area contributed by atoms with Gasteiger partial charge < -0.3 is 5.32 Å². The van der Waals surface area contributed by atoms with Gasteiger partial charge in [-0.25, -0.2) is 4.39 Å². The maximum Gasteiger partial charge on any atom is 0.146 e. The van der Waals surface area contributed by atoms with Crippen LogP contribution in [0.2, 0.25) is 0 Å². The Morgan fingerprint density at radius 3 is 2.72 bits per heavy atom. The van der Waals surface area contributed by atoms with Crippen LogP contribution in [0.5, 0.6) is 0 Å². The van der Waals surface area contributed by atoms with Crippen LogP contribution in [-0.4, -0.2) is 12.0 Å². The van der Waals surface area contributed by atoms with Gasteiger partial charge in [0.2, 0.25) is 0 Å². The van der Waals surface area contributed by atoms with E-state index in [-0.39, 0.29) is 11.9 Å². The van der Waals surface area contributed by atoms with Gasteiger partial charge in [0.15, 0.2) is 0 Å². The summed E-state index contributed by atoms with van der Waals surface area (Å²) in [5.41, 5.74) is 1.58. The average Bonchev–Trinajstić information content (AvgIpc) is 2.39. The van der Waals surface area contributed by atoms with Gasteiger partial charge >= 0.3 is 0 Å². The minimum absolute atomic E-state index is 0.134. The van der Waals surface area contributed by atoms with Crippen molar-refractivity contribution in [2.45, 2.75) is 12.5 Å². The molecule has 4 heteroatoms. The van der Waals surface area contributed by atoms with E-state index in [1.165, 1.54) is 6.07 Å². The number of halogens is 2. The minimum atomic E-state index is -0.274. The molecule has 0 spiro atoms. The van der Waals surface area contributed by atoms with E-state index in [1.54, 1.807) is 12.3 Å². The van der Waals surface area contributed by atoms with Crippen LogP contribution in [0.25, 0.3) is 0 Å². The SMILES string of the molecule is CNC(Cc1ccccc1Br)c1ncccc1F. The molecule has 1 unspecified atom stereocenters. The Kier molecular flexibility index (Phi) is 4.44. The third-order valence-corrected chi connectivity index (χ3v) is 3.62. The van der Waals surface area contributed by atoms with Crippen LogP contribution in [0.3, 0.4) is 0 Å². The number of benzene rings is 1. The third kappa shape index (κ3) is 2.94. The summed E-state index contributed by atoms with van der Waals surface area (Å²) < 4.78 is 14.7. The van der Waals surface area contributed by atoms with Crippen LogP contribution < -0.4 is 5.32 Å². The summed E-state index contributed by atoms with van der Waals surface area (Å²) in [6.45, 7) is 0. The zero-order chi connectivity index (χ0) is 13.0. The van der Waals surface area contributed by atoms with Gasteiger partial charge in [0.25, 0.3) is 0 Å². The second-order valence-electron chi connectivity index (χ2n) is 4.01. The zero-order valence-electron chi connectivity index (χ0n) is 10.0. The van der Waals surface area contributed by atoms with Crippen molar-refractivity contribution in [1.82, 2.24) is 10.3 Å². The predicted octanol–water partition coefficient (Wildman–Crippen LogP) is 3.49. The lowest BCUT2D eigenvalue weighted by Gasteiger charge is -2.17. The minimum Gasteiger partial charge on any atom is -0.311 e. The van der Waals surface area contributed by atoms with Gasteiger partial charge in [0.05, 0.1) is 11.7 Å². The lowest BCUT2D eigenvalue weighted by Crippen LogP contribution is -2.21. The number of aromatic nitrogens is 1. The van der Waals surface area contributed by atoms with E-state index >= 15 is 0 Å². The van der Waals surface area contributed by atoms with Gasteiger partial charge in [-0.05, 0) is 37.2 Å². The molecule has 2 nitrogen and oxygen atoms in total. The fourth-order valence-electron chi connectivity index (χ4n) is 1.87. The number of rotatable bonds is 4. The molecule has 0 aliphatic rings. The number of nitrogens with zero attached hydrogens (tertiary/aromatic N) is 1. The van der Waals surface area contributed by atoms with E-state index in [0.29, 0.717) is 12.1 Å². The van der Waals surface area contributed by atoms with Crippen molar-refractivity contribution in [1.29, 1.82) is 0 Å². The molecule has 1 aromatic heterocycles. The Balaban J connectivity index is 2.26. The van der Waals surface area contributed by atoms with Crippen LogP contribution in [-0.2, 0) is 6.42 Å². The molecule has 1 heterocycles. The van der Waals surface area contributed by atoms with Gasteiger partial charge in [-0.3, -0.25) is 4.98 Å². The second kappa shape index (κ2) is 6.07. The molecule has 1 N–H and O–H groups in total. The van der Waals surface area contributed by atoms with Crippen LogP contribution in [0, 0.1) is 5.82 Å². The number of pyridine rings is 1. The summed E-state index contributed by atoms with van der Waals surface area (Å²) in [4.78, 5) is 4.12. The number of hydrogen-bond acceptors (Lipinski definition) is 2. The van der Waals surface area contributed by atoms with Crippen molar-refractivity contribution < 1.29 is 4.39 Å². The molecule has 0 bridgehead atoms. The average molecular weight is 309 g/mol. The Morgan fingerprint density at radius 2 is 2.06 bits per heavy atom. The van der Waals surface area contributed by atoms with Crippen LogP contribution in [0.15, 0.2) is 47.1 Å². The van der Waals surface area contributed by atoms with Gasteiger partial charge in [0.1, 0.15) is 5.82 Å². The van der Waals surface area contributed by atoms with Crippen molar-refractivity contribution in [3.8, 4) is 0 Å². The highest BCUT2D eigenvalue weighted by Gasteiger charge is 2.16. The highest BCUT2D eigenvalue weighted by atomic mass is 79.9. The summed E-state index contributed by atoms with van der Waals surface area (Å²) in [5, 5.41) is 3.11. The largest absolute Gasteiger partial charge is 0.311 e. The second-order valence-corrected chi connectivity index (χ2v) is 4.86. The van der Waals surface area contributed by atoms with E-state index in [4.69, 9.17) is 0 Å². The van der Waals surface area contributed by atoms with Crippen LogP contribution >= 0.6 is 15.9 Å². The molecule has 0 saturated carbocycles. The fraction of sp³-hybridized carbons (Fsp3) is 0.214. The lowest BCUT2D eigenvalue weighted by atomic mass is 10.0. The van der Waals surface area contributed by atoms with Crippen molar-refractivity contribution in [3.63, 3.8) is 0 Å². The summed E-state index contributed by atoms with van der Waals surface area (Å²) in [5.74, 6) is -0.274. The number of hydrogen-bond donors (Lipinski definition) is 1. The summed E-state index contributed by atoms with van der Waals surface area (Å²) in [6.07, 6.45) is 2.30. The Bertz CT molecular complexity index is 531. The molecule has 94 valence electrons. The summed E-state index contributed by atoms with van der Waals surface area (Å²) in [6, 6.07) is 10.8. The quantitative estimate of drug-likeness (QED) is 0.935. The fourth-order valence-corrected chi connectivity index (χ4v) is 2.32. The van der Waals surface area contributed by atoms with Gasteiger partial charge in [-0.1, -0.05) is 34.1 Å². The Morgan fingerprint density at radius 1 is 1.28 bits per heavy atom. The highest BCUT2D eigenvalue weighted by Crippen LogP contribution is 2.23.